The lowest BCUT2D eigenvalue weighted by molar-refractivity contribution is 0.0268. The van der Waals surface area contributed by atoms with E-state index >= 15 is 0 Å². The monoisotopic (exact) mass is 424 g/mol. The normalized spacial score (nSPS) is 18.7. The summed E-state index contributed by atoms with van der Waals surface area (Å²) >= 11 is 0. The Morgan fingerprint density at radius 3 is 3.00 bits per heavy atom. The summed E-state index contributed by atoms with van der Waals surface area (Å²) in [4.78, 5) is 33.4. The molecule has 31 heavy (non-hydrogen) atoms. The maximum absolute atomic E-state index is 13.0. The van der Waals surface area contributed by atoms with Crippen LogP contribution in [0, 0.1) is 0 Å². The van der Waals surface area contributed by atoms with E-state index in [9.17, 15) is 9.59 Å². The Hall–Kier alpha value is -3.40. The van der Waals surface area contributed by atoms with Gasteiger partial charge in [-0.25, -0.2) is 14.5 Å². The fourth-order valence-corrected chi connectivity index (χ4v) is 4.20. The van der Waals surface area contributed by atoms with Gasteiger partial charge in [-0.1, -0.05) is 0 Å². The first-order valence-corrected chi connectivity index (χ1v) is 10.3. The Labute approximate surface area is 178 Å². The van der Waals surface area contributed by atoms with E-state index < -0.39 is 0 Å². The number of carbonyl (C=O) groups is 1. The summed E-state index contributed by atoms with van der Waals surface area (Å²) in [6.45, 7) is 2.36. The average molecular weight is 424 g/mol. The Kier molecular flexibility index (Phi) is 4.85. The molecular weight excluding hydrogens is 400 g/mol. The van der Waals surface area contributed by atoms with Crippen molar-refractivity contribution in [3.05, 3.63) is 46.6 Å². The summed E-state index contributed by atoms with van der Waals surface area (Å²) in [6.07, 6.45) is 5.27. The minimum atomic E-state index is -0.196. The van der Waals surface area contributed by atoms with E-state index in [1.54, 1.807) is 32.6 Å². The van der Waals surface area contributed by atoms with Gasteiger partial charge < -0.3 is 19.3 Å². The van der Waals surface area contributed by atoms with Gasteiger partial charge in [-0.15, -0.1) is 0 Å². The molecule has 0 aromatic carbocycles. The second kappa shape index (κ2) is 7.69. The van der Waals surface area contributed by atoms with Crippen LogP contribution in [0.15, 0.2) is 35.4 Å². The summed E-state index contributed by atoms with van der Waals surface area (Å²) < 4.78 is 14.1. The number of piperidine rings is 1. The fourth-order valence-electron chi connectivity index (χ4n) is 4.20. The molecule has 0 radical (unpaired) electrons. The molecule has 0 bridgehead atoms. The lowest BCUT2D eigenvalue weighted by atomic mass is 10.1. The van der Waals surface area contributed by atoms with Gasteiger partial charge in [0.15, 0.2) is 17.2 Å². The molecule has 162 valence electrons. The number of likely N-dealkylation sites (tertiary alicyclic amines) is 1. The van der Waals surface area contributed by atoms with Crippen molar-refractivity contribution in [2.24, 2.45) is 7.05 Å². The molecule has 0 saturated carbocycles. The third-order valence-electron chi connectivity index (χ3n) is 5.87. The summed E-state index contributed by atoms with van der Waals surface area (Å²) in [5.41, 5.74) is 1.72. The Bertz CT molecular complexity index is 1200. The molecule has 10 heteroatoms. The maximum Gasteiger partial charge on any atom is 0.350 e. The van der Waals surface area contributed by atoms with Crippen LogP contribution < -0.4 is 15.3 Å². The molecule has 10 nitrogen and oxygen atoms in total. The van der Waals surface area contributed by atoms with Gasteiger partial charge in [-0.05, 0) is 25.0 Å². The highest BCUT2D eigenvalue weighted by molar-refractivity contribution is 5.95. The minimum absolute atomic E-state index is 0.0629. The van der Waals surface area contributed by atoms with Crippen LogP contribution in [0.25, 0.3) is 5.65 Å². The number of methoxy groups -OCH3 is 1. The van der Waals surface area contributed by atoms with Crippen molar-refractivity contribution in [2.75, 3.05) is 38.3 Å². The molecule has 1 fully saturated rings. The zero-order valence-electron chi connectivity index (χ0n) is 17.5. The number of hydrogen-bond acceptors (Lipinski definition) is 7. The van der Waals surface area contributed by atoms with Crippen LogP contribution in [0.5, 0.6) is 5.75 Å². The highest BCUT2D eigenvalue weighted by Crippen LogP contribution is 2.35. The SMILES string of the molecule is CO[C@H]1CCCN(C(=O)c2cnc3c(c2)OCCN3c2ccn3c(=O)n(C)nc3c2)C1. The number of anilines is 2. The van der Waals surface area contributed by atoms with Gasteiger partial charge >= 0.3 is 5.69 Å². The summed E-state index contributed by atoms with van der Waals surface area (Å²) in [5.74, 6) is 1.14. The number of ether oxygens (including phenoxy) is 2. The van der Waals surface area contributed by atoms with Crippen LogP contribution in [0.3, 0.4) is 0 Å². The van der Waals surface area contributed by atoms with Gasteiger partial charge in [0, 0.05) is 51.4 Å². The van der Waals surface area contributed by atoms with E-state index in [1.807, 2.05) is 21.9 Å². The lowest BCUT2D eigenvalue weighted by Gasteiger charge is -2.33. The van der Waals surface area contributed by atoms with Gasteiger partial charge in [0.2, 0.25) is 0 Å². The number of aryl methyl sites for hydroxylation is 1. The Morgan fingerprint density at radius 2 is 2.16 bits per heavy atom. The van der Waals surface area contributed by atoms with Gasteiger partial charge in [0.25, 0.3) is 5.91 Å². The number of nitrogens with zero attached hydrogens (tertiary/aromatic N) is 6. The zero-order chi connectivity index (χ0) is 21.5. The number of pyridine rings is 2. The van der Waals surface area contributed by atoms with E-state index in [4.69, 9.17) is 9.47 Å². The average Bonchev–Trinajstić information content (AvgIpc) is 3.10. The number of hydrogen-bond donors (Lipinski definition) is 0. The van der Waals surface area contributed by atoms with E-state index in [0.29, 0.717) is 49.0 Å². The van der Waals surface area contributed by atoms with Gasteiger partial charge in [-0.2, -0.15) is 5.10 Å². The number of fused-ring (bicyclic) bond motifs is 2. The molecule has 1 saturated heterocycles. The zero-order valence-corrected chi connectivity index (χ0v) is 17.5. The van der Waals surface area contributed by atoms with Crippen LogP contribution in [-0.2, 0) is 11.8 Å². The Balaban J connectivity index is 1.44. The number of rotatable bonds is 3. The van der Waals surface area contributed by atoms with Crippen molar-refractivity contribution in [3.63, 3.8) is 0 Å². The third kappa shape index (κ3) is 3.42. The largest absolute Gasteiger partial charge is 0.488 e. The predicted octanol–water partition coefficient (Wildman–Crippen LogP) is 1.21. The number of aromatic nitrogens is 4. The van der Waals surface area contributed by atoms with Gasteiger partial charge in [-0.3, -0.25) is 9.20 Å². The van der Waals surface area contributed by atoms with Crippen LogP contribution >= 0.6 is 0 Å². The molecule has 0 N–H and O–H groups in total. The molecule has 0 unspecified atom stereocenters. The molecule has 5 heterocycles. The van der Waals surface area contributed by atoms with Crippen molar-refractivity contribution < 1.29 is 14.3 Å². The van der Waals surface area contributed by atoms with Gasteiger partial charge in [0.05, 0.1) is 18.2 Å². The van der Waals surface area contributed by atoms with Crippen molar-refractivity contribution in [1.29, 1.82) is 0 Å². The van der Waals surface area contributed by atoms with Crippen molar-refractivity contribution in [2.45, 2.75) is 18.9 Å². The highest BCUT2D eigenvalue weighted by atomic mass is 16.5. The van der Waals surface area contributed by atoms with Gasteiger partial charge in [0.1, 0.15) is 6.61 Å². The fraction of sp³-hybridized carbons (Fsp3) is 0.429. The molecule has 1 amide bonds. The summed E-state index contributed by atoms with van der Waals surface area (Å²) in [6, 6.07) is 5.46. The van der Waals surface area contributed by atoms with E-state index in [1.165, 1.54) is 9.08 Å². The topological polar surface area (TPSA) is 94.2 Å². The minimum Gasteiger partial charge on any atom is -0.488 e. The van der Waals surface area contributed by atoms with Crippen molar-refractivity contribution >= 4 is 23.1 Å². The van der Waals surface area contributed by atoms with Crippen LogP contribution in [0.1, 0.15) is 23.2 Å². The standard InChI is InChI=1S/C21H24N6O4/c1-24-21(29)27-7-5-15(11-18(27)23-24)26-8-9-31-17-10-14(12-22-19(17)26)20(28)25-6-3-4-16(13-25)30-2/h5,7,10-12,16H,3-4,6,8-9,13H2,1-2H3/t16-/m0/s1. The first-order valence-electron chi connectivity index (χ1n) is 10.3. The third-order valence-corrected chi connectivity index (χ3v) is 5.87. The molecule has 3 aromatic rings. The van der Waals surface area contributed by atoms with Crippen molar-refractivity contribution in [3.8, 4) is 5.75 Å². The number of carbonyl (C=O) groups excluding carboxylic acids is 1. The van der Waals surface area contributed by atoms with E-state index in [-0.39, 0.29) is 17.7 Å². The first-order chi connectivity index (χ1) is 15.0. The highest BCUT2D eigenvalue weighted by Gasteiger charge is 2.27. The van der Waals surface area contributed by atoms with E-state index in [0.717, 1.165) is 18.5 Å². The molecule has 2 aliphatic heterocycles. The smallest absolute Gasteiger partial charge is 0.350 e. The molecular formula is C21H24N6O4. The first kappa shape index (κ1) is 19.6. The van der Waals surface area contributed by atoms with Crippen molar-refractivity contribution in [1.82, 2.24) is 24.1 Å². The van der Waals surface area contributed by atoms with Crippen LogP contribution in [0.4, 0.5) is 11.5 Å². The quantitative estimate of drug-likeness (QED) is 0.624. The Morgan fingerprint density at radius 1 is 1.29 bits per heavy atom. The molecule has 0 spiro atoms. The molecule has 0 aliphatic carbocycles. The van der Waals surface area contributed by atoms with Crippen LogP contribution in [-0.4, -0.2) is 69.4 Å². The maximum atomic E-state index is 13.0. The summed E-state index contributed by atoms with van der Waals surface area (Å²) in [7, 11) is 3.30. The number of amides is 1. The second-order valence-electron chi connectivity index (χ2n) is 7.82. The predicted molar refractivity (Wildman–Crippen MR) is 113 cm³/mol. The molecule has 5 rings (SSSR count). The van der Waals surface area contributed by atoms with E-state index in [2.05, 4.69) is 10.1 Å². The lowest BCUT2D eigenvalue weighted by Crippen LogP contribution is -2.43. The molecule has 2 aliphatic rings. The second-order valence-corrected chi connectivity index (χ2v) is 7.82. The molecule has 3 aromatic heterocycles. The molecule has 1 atom stereocenters. The summed E-state index contributed by atoms with van der Waals surface area (Å²) in [5, 5.41) is 4.25. The van der Waals surface area contributed by atoms with Crippen LogP contribution in [0.2, 0.25) is 0 Å².